The van der Waals surface area contributed by atoms with E-state index in [-0.39, 0.29) is 11.6 Å². The first-order chi connectivity index (χ1) is 14.7. The Hall–Kier alpha value is -2.18. The second-order valence-corrected chi connectivity index (χ2v) is 8.32. The van der Waals surface area contributed by atoms with Gasteiger partial charge in [0.1, 0.15) is 11.6 Å². The Labute approximate surface area is 178 Å². The number of hydrogen-bond acceptors (Lipinski definition) is 4. The van der Waals surface area contributed by atoms with Gasteiger partial charge >= 0.3 is 0 Å². The summed E-state index contributed by atoms with van der Waals surface area (Å²) in [7, 11) is 0. The molecule has 0 bridgehead atoms. The standard InChI is InChI=1S/C24H32F2N4/c25-21-3-7-23(8-4-21)29-17-13-27(14-18-29)11-1-2-12-28-15-19-30(20-16-28)24-9-5-22(26)6-10-24/h3-10H,1-2,11-20H2. The maximum absolute atomic E-state index is 13.1. The third-order valence-electron chi connectivity index (χ3n) is 6.33. The van der Waals surface area contributed by atoms with E-state index in [9.17, 15) is 8.78 Å². The van der Waals surface area contributed by atoms with Crippen molar-refractivity contribution in [3.8, 4) is 0 Å². The highest BCUT2D eigenvalue weighted by atomic mass is 19.1. The number of anilines is 2. The largest absolute Gasteiger partial charge is 0.369 e. The van der Waals surface area contributed by atoms with Gasteiger partial charge in [-0.2, -0.15) is 0 Å². The van der Waals surface area contributed by atoms with Gasteiger partial charge in [-0.25, -0.2) is 8.78 Å². The summed E-state index contributed by atoms with van der Waals surface area (Å²) in [6.07, 6.45) is 2.46. The van der Waals surface area contributed by atoms with Crippen LogP contribution in [0.25, 0.3) is 0 Å². The van der Waals surface area contributed by atoms with E-state index in [0.29, 0.717) is 0 Å². The number of unbranched alkanes of at least 4 members (excludes halogenated alkanes) is 1. The van der Waals surface area contributed by atoms with Crippen LogP contribution in [0.15, 0.2) is 48.5 Å². The zero-order valence-corrected chi connectivity index (χ0v) is 17.6. The molecular formula is C24H32F2N4. The van der Waals surface area contributed by atoms with Crippen LogP contribution in [0.2, 0.25) is 0 Å². The van der Waals surface area contributed by atoms with Crippen LogP contribution in [-0.4, -0.2) is 75.2 Å². The van der Waals surface area contributed by atoms with E-state index in [1.807, 2.05) is 24.3 Å². The average molecular weight is 415 g/mol. The first kappa shape index (κ1) is 21.1. The highest BCUT2D eigenvalue weighted by Crippen LogP contribution is 2.18. The molecule has 0 spiro atoms. The van der Waals surface area contributed by atoms with Crippen molar-refractivity contribution in [2.75, 3.05) is 75.2 Å². The lowest BCUT2D eigenvalue weighted by atomic mass is 10.2. The molecule has 2 aliphatic heterocycles. The molecular weight excluding hydrogens is 382 g/mol. The molecule has 0 radical (unpaired) electrons. The minimum atomic E-state index is -0.172. The van der Waals surface area contributed by atoms with Crippen LogP contribution in [0.1, 0.15) is 12.8 Å². The first-order valence-electron chi connectivity index (χ1n) is 11.1. The maximum atomic E-state index is 13.1. The molecule has 0 aliphatic carbocycles. The van der Waals surface area contributed by atoms with Crippen molar-refractivity contribution in [1.82, 2.24) is 9.80 Å². The second-order valence-electron chi connectivity index (χ2n) is 8.32. The lowest BCUT2D eigenvalue weighted by Gasteiger charge is -2.37. The zero-order chi connectivity index (χ0) is 20.8. The van der Waals surface area contributed by atoms with Gasteiger partial charge in [0.2, 0.25) is 0 Å². The van der Waals surface area contributed by atoms with Crippen molar-refractivity contribution in [3.05, 3.63) is 60.2 Å². The molecule has 4 rings (SSSR count). The minimum Gasteiger partial charge on any atom is -0.369 e. The Morgan fingerprint density at radius 2 is 0.833 bits per heavy atom. The smallest absolute Gasteiger partial charge is 0.123 e. The average Bonchev–Trinajstić information content (AvgIpc) is 2.79. The number of benzene rings is 2. The Balaban J connectivity index is 1.09. The predicted octanol–water partition coefficient (Wildman–Crippen LogP) is 3.69. The zero-order valence-electron chi connectivity index (χ0n) is 17.6. The minimum absolute atomic E-state index is 0.172. The van der Waals surface area contributed by atoms with E-state index >= 15 is 0 Å². The van der Waals surface area contributed by atoms with E-state index in [0.717, 1.165) is 76.8 Å². The third kappa shape index (κ3) is 5.70. The molecule has 162 valence electrons. The van der Waals surface area contributed by atoms with Crippen LogP contribution >= 0.6 is 0 Å². The molecule has 0 unspecified atom stereocenters. The molecule has 2 heterocycles. The molecule has 2 fully saturated rings. The molecule has 0 N–H and O–H groups in total. The van der Waals surface area contributed by atoms with Gasteiger partial charge in [0.25, 0.3) is 0 Å². The van der Waals surface area contributed by atoms with Gasteiger partial charge in [-0.3, -0.25) is 9.80 Å². The summed E-state index contributed by atoms with van der Waals surface area (Å²) in [6, 6.07) is 13.7. The number of nitrogens with zero attached hydrogens (tertiary/aromatic N) is 4. The Morgan fingerprint density at radius 1 is 0.500 bits per heavy atom. The molecule has 2 aromatic carbocycles. The van der Waals surface area contributed by atoms with Crippen molar-refractivity contribution in [2.24, 2.45) is 0 Å². The molecule has 2 aromatic rings. The van der Waals surface area contributed by atoms with Crippen molar-refractivity contribution >= 4 is 11.4 Å². The van der Waals surface area contributed by atoms with E-state index in [1.165, 1.54) is 12.8 Å². The lowest BCUT2D eigenvalue weighted by molar-refractivity contribution is 0.227. The first-order valence-corrected chi connectivity index (χ1v) is 11.1. The molecule has 0 aromatic heterocycles. The molecule has 0 atom stereocenters. The molecule has 2 aliphatic rings. The summed E-state index contributed by atoms with van der Waals surface area (Å²) in [4.78, 5) is 9.78. The molecule has 2 saturated heterocycles. The van der Waals surface area contributed by atoms with Crippen LogP contribution in [-0.2, 0) is 0 Å². The summed E-state index contributed by atoms with van der Waals surface area (Å²) < 4.78 is 26.2. The third-order valence-corrected chi connectivity index (χ3v) is 6.33. The van der Waals surface area contributed by atoms with Gasteiger partial charge in [0.05, 0.1) is 0 Å². The van der Waals surface area contributed by atoms with E-state index in [4.69, 9.17) is 0 Å². The topological polar surface area (TPSA) is 13.0 Å². The van der Waals surface area contributed by atoms with Crippen molar-refractivity contribution in [2.45, 2.75) is 12.8 Å². The number of piperazine rings is 2. The molecule has 4 nitrogen and oxygen atoms in total. The quantitative estimate of drug-likeness (QED) is 0.641. The van der Waals surface area contributed by atoms with Crippen molar-refractivity contribution in [3.63, 3.8) is 0 Å². The SMILES string of the molecule is Fc1ccc(N2CCN(CCCCN3CCN(c4ccc(F)cc4)CC3)CC2)cc1. The fourth-order valence-electron chi connectivity index (χ4n) is 4.43. The van der Waals surface area contributed by atoms with Crippen molar-refractivity contribution < 1.29 is 8.78 Å². The lowest BCUT2D eigenvalue weighted by Crippen LogP contribution is -2.47. The van der Waals surface area contributed by atoms with Gasteiger partial charge in [-0.1, -0.05) is 0 Å². The Kier molecular flexibility index (Phi) is 7.18. The highest BCUT2D eigenvalue weighted by Gasteiger charge is 2.18. The van der Waals surface area contributed by atoms with Crippen molar-refractivity contribution in [1.29, 1.82) is 0 Å². The van der Waals surface area contributed by atoms with Crippen LogP contribution < -0.4 is 9.80 Å². The normalized spacial score (nSPS) is 18.7. The fourth-order valence-corrected chi connectivity index (χ4v) is 4.43. The fraction of sp³-hybridized carbons (Fsp3) is 0.500. The molecule has 0 saturated carbocycles. The maximum Gasteiger partial charge on any atom is 0.123 e. The van der Waals surface area contributed by atoms with Crippen LogP contribution in [0.4, 0.5) is 20.2 Å². The molecule has 30 heavy (non-hydrogen) atoms. The Bertz CT molecular complexity index is 697. The number of halogens is 2. The van der Waals surface area contributed by atoms with Gasteiger partial charge < -0.3 is 9.80 Å². The van der Waals surface area contributed by atoms with Gasteiger partial charge in [0, 0.05) is 63.7 Å². The predicted molar refractivity (Wildman–Crippen MR) is 119 cm³/mol. The van der Waals surface area contributed by atoms with Gasteiger partial charge in [-0.05, 0) is 74.5 Å². The van der Waals surface area contributed by atoms with Gasteiger partial charge in [0.15, 0.2) is 0 Å². The summed E-state index contributed by atoms with van der Waals surface area (Å²) >= 11 is 0. The van der Waals surface area contributed by atoms with Crippen LogP contribution in [0, 0.1) is 11.6 Å². The summed E-state index contributed by atoms with van der Waals surface area (Å²) in [6.45, 7) is 10.7. The number of rotatable bonds is 7. The van der Waals surface area contributed by atoms with Gasteiger partial charge in [-0.15, -0.1) is 0 Å². The van der Waals surface area contributed by atoms with Crippen LogP contribution in [0.5, 0.6) is 0 Å². The van der Waals surface area contributed by atoms with E-state index in [2.05, 4.69) is 19.6 Å². The second kappa shape index (κ2) is 10.2. The monoisotopic (exact) mass is 414 g/mol. The Morgan fingerprint density at radius 3 is 1.17 bits per heavy atom. The summed E-state index contributed by atoms with van der Waals surface area (Å²) in [5.74, 6) is -0.344. The summed E-state index contributed by atoms with van der Waals surface area (Å²) in [5, 5.41) is 0. The highest BCUT2D eigenvalue weighted by molar-refractivity contribution is 5.47. The number of hydrogen-bond donors (Lipinski definition) is 0. The van der Waals surface area contributed by atoms with Crippen LogP contribution in [0.3, 0.4) is 0 Å². The summed E-state index contributed by atoms with van der Waals surface area (Å²) in [5.41, 5.74) is 2.24. The van der Waals surface area contributed by atoms with E-state index in [1.54, 1.807) is 24.3 Å². The van der Waals surface area contributed by atoms with E-state index < -0.39 is 0 Å². The molecule has 6 heteroatoms. The molecule has 0 amide bonds.